The minimum absolute atomic E-state index is 0.00566. The number of Topliss-reactive ketones (excluding diaryl/α,β-unsaturated/α-hetero) is 1. The lowest BCUT2D eigenvalue weighted by Crippen LogP contribution is -2.61. The number of carbonyl (C=O) groups is 1. The van der Waals surface area contributed by atoms with Crippen LogP contribution < -0.4 is 5.73 Å². The number of ketones is 1. The van der Waals surface area contributed by atoms with Gasteiger partial charge in [0.1, 0.15) is 41.9 Å². The Morgan fingerprint density at radius 3 is 2.40 bits per heavy atom. The second kappa shape index (κ2) is 13.7. The molecule has 12 bridgehead atoms. The maximum Gasteiger partial charge on any atom is 0.172 e. The molecule has 11 nitrogen and oxygen atoms in total. The molecule has 0 aromatic rings. The zero-order valence-electron chi connectivity index (χ0n) is 31.3. The molecule has 11 heteroatoms. The molecule has 10 saturated heterocycles. The first-order valence-electron chi connectivity index (χ1n) is 20.5. The summed E-state index contributed by atoms with van der Waals surface area (Å²) in [6.45, 7) is 15.6. The third kappa shape index (κ3) is 6.40. The molecule has 3 N–H and O–H groups in total. The molecule has 6 unspecified atom stereocenters. The molecular weight excluding hydrogens is 666 g/mol. The van der Waals surface area contributed by atoms with Crippen molar-refractivity contribution in [2.45, 2.75) is 201 Å². The first-order chi connectivity index (χ1) is 24.9. The molecule has 19 atom stereocenters. The van der Waals surface area contributed by atoms with E-state index in [9.17, 15) is 9.90 Å². The molecule has 290 valence electrons. The van der Waals surface area contributed by atoms with Crippen LogP contribution in [0.3, 0.4) is 0 Å². The second-order valence-corrected chi connectivity index (χ2v) is 18.3. The van der Waals surface area contributed by atoms with E-state index in [1.165, 1.54) is 0 Å². The number of nitrogens with two attached hydrogens (primary N) is 1. The highest BCUT2D eigenvalue weighted by Gasteiger charge is 2.73. The number of aliphatic hydroxyl groups excluding tert-OH is 1. The van der Waals surface area contributed by atoms with Crippen LogP contribution in [0.15, 0.2) is 24.3 Å². The van der Waals surface area contributed by atoms with Crippen molar-refractivity contribution in [2.75, 3.05) is 6.54 Å². The predicted octanol–water partition coefficient (Wildman–Crippen LogP) is 4.45. The third-order valence-electron chi connectivity index (χ3n) is 14.6. The van der Waals surface area contributed by atoms with Crippen LogP contribution in [0.5, 0.6) is 0 Å². The van der Waals surface area contributed by atoms with E-state index in [2.05, 4.69) is 33.9 Å². The van der Waals surface area contributed by atoms with Crippen LogP contribution >= 0.6 is 0 Å². The first kappa shape index (κ1) is 36.4. The van der Waals surface area contributed by atoms with Gasteiger partial charge in [-0.25, -0.2) is 0 Å². The average molecular weight is 728 g/mol. The fourth-order valence-electron chi connectivity index (χ4n) is 11.7. The van der Waals surface area contributed by atoms with E-state index in [1.807, 2.05) is 0 Å². The fraction of sp³-hybridized carbons (Fsp3) is 0.878. The number of hydrogen-bond donors (Lipinski definition) is 2. The molecule has 52 heavy (non-hydrogen) atoms. The van der Waals surface area contributed by atoms with Gasteiger partial charge in [-0.15, -0.1) is 0 Å². The zero-order chi connectivity index (χ0) is 36.1. The Bertz CT molecular complexity index is 1410. The Hall–Kier alpha value is -1.25. The highest BCUT2D eigenvalue weighted by atomic mass is 16.8. The molecule has 0 aromatic heterocycles. The van der Waals surface area contributed by atoms with Gasteiger partial charge in [-0.3, -0.25) is 4.79 Å². The first-order valence-corrected chi connectivity index (χ1v) is 20.5. The van der Waals surface area contributed by atoms with Crippen molar-refractivity contribution in [3.63, 3.8) is 0 Å². The summed E-state index contributed by atoms with van der Waals surface area (Å²) in [6.07, 6.45) is 6.17. The quantitative estimate of drug-likeness (QED) is 0.399. The number of fused-ring (bicyclic) bond motifs is 6. The number of hydrogen-bond acceptors (Lipinski definition) is 11. The Kier molecular flexibility index (Phi) is 9.62. The van der Waals surface area contributed by atoms with E-state index < -0.39 is 17.5 Å². The zero-order valence-corrected chi connectivity index (χ0v) is 31.3. The van der Waals surface area contributed by atoms with E-state index in [4.69, 9.17) is 43.6 Å². The third-order valence-corrected chi connectivity index (χ3v) is 14.6. The van der Waals surface area contributed by atoms with Gasteiger partial charge < -0.3 is 48.7 Å². The molecule has 0 amide bonds. The van der Waals surface area contributed by atoms with Gasteiger partial charge in [-0.1, -0.05) is 27.0 Å². The topological polar surface area (TPSA) is 137 Å². The maximum absolute atomic E-state index is 14.0. The van der Waals surface area contributed by atoms with Gasteiger partial charge in [0.2, 0.25) is 0 Å². The van der Waals surface area contributed by atoms with Crippen LogP contribution in [-0.2, 0) is 42.7 Å². The number of ether oxygens (including phenoxy) is 8. The summed E-state index contributed by atoms with van der Waals surface area (Å²) in [7, 11) is 0. The average Bonchev–Trinajstić information content (AvgIpc) is 3.73. The Labute approximate surface area is 308 Å². The molecule has 0 radical (unpaired) electrons. The van der Waals surface area contributed by atoms with Gasteiger partial charge in [0, 0.05) is 45.1 Å². The molecule has 10 aliphatic heterocycles. The Morgan fingerprint density at radius 1 is 0.808 bits per heavy atom. The Morgan fingerprint density at radius 2 is 1.58 bits per heavy atom. The van der Waals surface area contributed by atoms with E-state index in [0.717, 1.165) is 56.1 Å². The Balaban J connectivity index is 0.994. The summed E-state index contributed by atoms with van der Waals surface area (Å²) in [6, 6.07) is 0. The van der Waals surface area contributed by atoms with E-state index in [0.29, 0.717) is 44.4 Å². The lowest BCUT2D eigenvalue weighted by Gasteiger charge is -2.47. The van der Waals surface area contributed by atoms with Crippen LogP contribution in [-0.4, -0.2) is 114 Å². The normalized spacial score (nSPS) is 53.8. The van der Waals surface area contributed by atoms with Gasteiger partial charge in [-0.2, -0.15) is 0 Å². The minimum atomic E-state index is -0.803. The van der Waals surface area contributed by atoms with Crippen LogP contribution in [0.2, 0.25) is 0 Å². The second-order valence-electron chi connectivity index (χ2n) is 18.3. The van der Waals surface area contributed by atoms with Gasteiger partial charge in [-0.05, 0) is 80.8 Å². The number of rotatable bonds is 3. The van der Waals surface area contributed by atoms with Crippen molar-refractivity contribution in [2.24, 2.45) is 23.5 Å². The van der Waals surface area contributed by atoms with E-state index in [1.54, 1.807) is 0 Å². The summed E-state index contributed by atoms with van der Waals surface area (Å²) in [4.78, 5) is 14.0. The molecule has 10 rings (SSSR count). The number of carbonyl (C=O) groups excluding carboxylic acids is 1. The molecule has 10 heterocycles. The highest BCUT2D eigenvalue weighted by Crippen LogP contribution is 2.58. The lowest BCUT2D eigenvalue weighted by atomic mass is 9.78. The van der Waals surface area contributed by atoms with E-state index in [-0.39, 0.29) is 104 Å². The van der Waals surface area contributed by atoms with Crippen molar-refractivity contribution in [1.29, 1.82) is 0 Å². The molecular formula is C41H61NO10. The van der Waals surface area contributed by atoms with Gasteiger partial charge in [0.25, 0.3) is 0 Å². The lowest BCUT2D eigenvalue weighted by molar-refractivity contribution is -0.294. The largest absolute Gasteiger partial charge is 0.392 e. The van der Waals surface area contributed by atoms with Gasteiger partial charge >= 0.3 is 0 Å². The minimum Gasteiger partial charge on any atom is -0.392 e. The molecule has 10 aliphatic rings. The van der Waals surface area contributed by atoms with Crippen molar-refractivity contribution < 1.29 is 47.8 Å². The maximum atomic E-state index is 14.0. The summed E-state index contributed by atoms with van der Waals surface area (Å²) in [5.74, 6) is -0.272. The van der Waals surface area contributed by atoms with Gasteiger partial charge in [0.15, 0.2) is 5.79 Å². The molecule has 0 aromatic carbocycles. The summed E-state index contributed by atoms with van der Waals surface area (Å²) >= 11 is 0. The van der Waals surface area contributed by atoms with Crippen molar-refractivity contribution in [1.82, 2.24) is 0 Å². The SMILES string of the molecule is C=C1C[C@@H]2CC[C@@]34C[C@]5(C)OC6[C@@H](O3)C3OC(CC[C@@H]3O[C@H]6C5O4)CC(=O)C[C@H]3C(C[C@H]4O[C@@H](CCC1O2)C[C@@H](C)C4=C)O[C@H](C[C@H](O)CN)[C@@H]3C. The summed E-state index contributed by atoms with van der Waals surface area (Å²) in [5.41, 5.74) is 7.57. The van der Waals surface area contributed by atoms with Crippen LogP contribution in [0, 0.1) is 17.8 Å². The molecule has 10 fully saturated rings. The summed E-state index contributed by atoms with van der Waals surface area (Å²) in [5, 5.41) is 10.5. The monoisotopic (exact) mass is 727 g/mol. The highest BCUT2D eigenvalue weighted by molar-refractivity contribution is 5.79. The molecule has 0 aliphatic carbocycles. The number of aliphatic hydroxyl groups is 1. The van der Waals surface area contributed by atoms with Crippen molar-refractivity contribution in [3.8, 4) is 0 Å². The van der Waals surface area contributed by atoms with Crippen molar-refractivity contribution in [3.05, 3.63) is 24.3 Å². The van der Waals surface area contributed by atoms with Crippen LogP contribution in [0.4, 0.5) is 0 Å². The van der Waals surface area contributed by atoms with Gasteiger partial charge in [0.05, 0.1) is 54.9 Å². The summed E-state index contributed by atoms with van der Waals surface area (Å²) < 4.78 is 54.5. The fourth-order valence-corrected chi connectivity index (χ4v) is 11.7. The molecule has 0 saturated carbocycles. The predicted molar refractivity (Wildman–Crippen MR) is 189 cm³/mol. The van der Waals surface area contributed by atoms with Crippen LogP contribution in [0.25, 0.3) is 0 Å². The standard InChI is InChI=1S/C41H61NO10/c1-20-12-26-6-8-30-21(2)13-28(45-30)10-11-41-19-40(5)39(52-41)38-37(50-40)36(51-41)35-31(49-38)9-7-27(47-35)14-24(43)15-29-23(4)32(16-25(44)18-42)48-34(29)17-33(46-26)22(20)3/h20,23,25-39,44H,2-3,6-19,42H2,1,4-5H3/t20-,23-,25+,26+,27?,28+,29-,30?,31+,32-,33-,34?,35?,36+,37?,38-,39?,40+,41-/m1/s1. The van der Waals surface area contributed by atoms with E-state index >= 15 is 0 Å². The van der Waals surface area contributed by atoms with Crippen molar-refractivity contribution >= 4 is 5.78 Å². The molecule has 1 spiro atoms. The smallest absolute Gasteiger partial charge is 0.172 e. The van der Waals surface area contributed by atoms with Crippen LogP contribution in [0.1, 0.15) is 104 Å².